The van der Waals surface area contributed by atoms with Gasteiger partial charge in [-0.2, -0.15) is 0 Å². The number of nitrogens with zero attached hydrogens (tertiary/aromatic N) is 2. The Labute approximate surface area is 169 Å². The first kappa shape index (κ1) is 20.2. The van der Waals surface area contributed by atoms with Gasteiger partial charge in [0.25, 0.3) is 5.03 Å². The van der Waals surface area contributed by atoms with Crippen LogP contribution < -0.4 is 19.8 Å². The number of anilines is 1. The molecule has 1 aromatic heterocycles. The molecule has 0 fully saturated rings. The maximum atomic E-state index is 12.5. The number of carbonyl (C=O) groups excluding carboxylic acids is 1. The maximum Gasteiger partial charge on any atom is 0.335 e. The molecule has 2 N–H and O–H groups in total. The summed E-state index contributed by atoms with van der Waals surface area (Å²) in [6.07, 6.45) is 0. The van der Waals surface area contributed by atoms with E-state index in [1.165, 1.54) is 22.9 Å². The summed E-state index contributed by atoms with van der Waals surface area (Å²) in [4.78, 5) is 23.6. The van der Waals surface area contributed by atoms with Gasteiger partial charge in [-0.25, -0.2) is 4.79 Å². The Morgan fingerprint density at radius 2 is 2.00 bits per heavy atom. The average molecular weight is 415 g/mol. The number of hydrogen-bond acceptors (Lipinski definition) is 7. The van der Waals surface area contributed by atoms with Gasteiger partial charge >= 0.3 is 5.97 Å². The number of methoxy groups -OCH3 is 1. The number of aromatic nitrogens is 2. The van der Waals surface area contributed by atoms with Gasteiger partial charge < -0.3 is 24.8 Å². The highest BCUT2D eigenvalue weighted by Gasteiger charge is 2.26. The minimum absolute atomic E-state index is 0.0568. The van der Waals surface area contributed by atoms with Crippen molar-refractivity contribution in [3.05, 3.63) is 54.1 Å². The fraction of sp³-hybridized carbons (Fsp3) is 0.158. The lowest BCUT2D eigenvalue weighted by molar-refractivity contribution is -0.705. The van der Waals surface area contributed by atoms with Crippen molar-refractivity contribution in [2.24, 2.45) is 0 Å². The average Bonchev–Trinajstić information content (AvgIpc) is 3.08. The van der Waals surface area contributed by atoms with E-state index in [2.05, 4.69) is 10.6 Å². The lowest BCUT2D eigenvalue weighted by atomic mass is 10.2. The number of amides is 1. The molecule has 1 atom stereocenters. The normalized spacial score (nSPS) is 11.7. The number of carboxylic acid groups (broad SMARTS) is 1. The molecule has 0 bridgehead atoms. The first-order chi connectivity index (χ1) is 13.9. The summed E-state index contributed by atoms with van der Waals surface area (Å²) >= 11 is 0.981. The van der Waals surface area contributed by atoms with E-state index >= 15 is 0 Å². The Morgan fingerprint density at radius 3 is 2.66 bits per heavy atom. The van der Waals surface area contributed by atoms with Crippen LogP contribution in [0.4, 0.5) is 5.69 Å². The molecule has 3 rings (SSSR count). The van der Waals surface area contributed by atoms with Crippen molar-refractivity contribution in [1.29, 1.82) is 0 Å². The van der Waals surface area contributed by atoms with Crippen molar-refractivity contribution >= 4 is 29.3 Å². The minimum atomic E-state index is -1.09. The molecule has 3 aromatic rings. The van der Waals surface area contributed by atoms with Gasteiger partial charge in [0.1, 0.15) is 5.75 Å². The number of nitrogens with one attached hydrogen (secondary N) is 1. The van der Waals surface area contributed by atoms with Crippen molar-refractivity contribution in [2.75, 3.05) is 12.4 Å². The van der Waals surface area contributed by atoms with Gasteiger partial charge in [-0.1, -0.05) is 6.07 Å². The lowest BCUT2D eigenvalue weighted by Crippen LogP contribution is -2.36. The summed E-state index contributed by atoms with van der Waals surface area (Å²) in [6, 6.07) is 12.7. The molecular weight excluding hydrogens is 398 g/mol. The smallest absolute Gasteiger partial charge is 0.335 e. The van der Waals surface area contributed by atoms with Crippen molar-refractivity contribution in [3.8, 4) is 17.4 Å². The van der Waals surface area contributed by atoms with Crippen LogP contribution in [-0.2, 0) is 4.79 Å². The first-order valence-corrected chi connectivity index (χ1v) is 9.31. The van der Waals surface area contributed by atoms with E-state index in [4.69, 9.17) is 14.4 Å². The number of ether oxygens (including phenoxy) is 1. The summed E-state index contributed by atoms with van der Waals surface area (Å²) in [5.74, 6) is -1.52. The Hall–Kier alpha value is -3.53. The van der Waals surface area contributed by atoms with Gasteiger partial charge in [0.2, 0.25) is 11.6 Å². The van der Waals surface area contributed by atoms with Crippen LogP contribution in [0.15, 0.2) is 58.1 Å². The number of carboxylic acids is 1. The van der Waals surface area contributed by atoms with Gasteiger partial charge in [-0.15, -0.1) is 0 Å². The SMILES string of the molecule is COc1ccc(-[n+]2noc([O-])c2SC(C)C(=O)Nc2cccc(C(=O)O)c2)cc1. The van der Waals surface area contributed by atoms with Gasteiger partial charge in [0.05, 0.1) is 23.2 Å². The van der Waals surface area contributed by atoms with Crippen LogP contribution in [0.1, 0.15) is 17.3 Å². The molecule has 0 aliphatic heterocycles. The van der Waals surface area contributed by atoms with E-state index in [-0.39, 0.29) is 10.6 Å². The summed E-state index contributed by atoms with van der Waals surface area (Å²) in [6.45, 7) is 1.62. The van der Waals surface area contributed by atoms with E-state index in [9.17, 15) is 14.7 Å². The van der Waals surface area contributed by atoms with Gasteiger partial charge in [0, 0.05) is 17.8 Å². The van der Waals surface area contributed by atoms with Crippen LogP contribution in [0.2, 0.25) is 0 Å². The fourth-order valence-corrected chi connectivity index (χ4v) is 3.29. The van der Waals surface area contributed by atoms with E-state index in [1.807, 2.05) is 0 Å². The van der Waals surface area contributed by atoms with Crippen LogP contribution in [0.25, 0.3) is 5.69 Å². The Bertz CT molecular complexity index is 1030. The first-order valence-electron chi connectivity index (χ1n) is 8.43. The van der Waals surface area contributed by atoms with Crippen molar-refractivity contribution in [2.45, 2.75) is 17.2 Å². The number of carbonyl (C=O) groups is 2. The van der Waals surface area contributed by atoms with Gasteiger partial charge in [-0.3, -0.25) is 4.79 Å². The zero-order valence-corrected chi connectivity index (χ0v) is 16.3. The molecule has 9 nitrogen and oxygen atoms in total. The Kier molecular flexibility index (Phi) is 6.03. The molecule has 10 heteroatoms. The topological polar surface area (TPSA) is 129 Å². The number of thioether (sulfide) groups is 1. The molecule has 2 aromatic carbocycles. The molecule has 0 aliphatic rings. The zero-order chi connectivity index (χ0) is 21.0. The zero-order valence-electron chi connectivity index (χ0n) is 15.5. The number of hydrogen-bond donors (Lipinski definition) is 2. The molecule has 0 saturated carbocycles. The van der Waals surface area contributed by atoms with Gasteiger partial charge in [0.15, 0.2) is 5.95 Å². The predicted octanol–water partition coefficient (Wildman–Crippen LogP) is 1.85. The summed E-state index contributed by atoms with van der Waals surface area (Å²) < 4.78 is 11.2. The summed E-state index contributed by atoms with van der Waals surface area (Å²) in [5, 5.41) is 27.0. The molecule has 150 valence electrons. The Morgan fingerprint density at radius 1 is 1.28 bits per heavy atom. The third-order valence-electron chi connectivity index (χ3n) is 3.92. The molecule has 0 spiro atoms. The van der Waals surface area contributed by atoms with Crippen LogP contribution >= 0.6 is 11.8 Å². The third-order valence-corrected chi connectivity index (χ3v) is 5.05. The van der Waals surface area contributed by atoms with Crippen LogP contribution in [0.5, 0.6) is 11.7 Å². The van der Waals surface area contributed by atoms with Crippen LogP contribution in [-0.4, -0.2) is 34.6 Å². The second-order valence-corrected chi connectivity index (χ2v) is 7.24. The van der Waals surface area contributed by atoms with Crippen LogP contribution in [0.3, 0.4) is 0 Å². The second kappa shape index (κ2) is 8.65. The Balaban J connectivity index is 1.75. The minimum Gasteiger partial charge on any atom is -0.538 e. The highest BCUT2D eigenvalue weighted by molar-refractivity contribution is 8.00. The van der Waals surface area contributed by atoms with E-state index in [0.29, 0.717) is 17.1 Å². The predicted molar refractivity (Wildman–Crippen MR) is 101 cm³/mol. The monoisotopic (exact) mass is 415 g/mol. The largest absolute Gasteiger partial charge is 0.538 e. The number of aromatic carboxylic acids is 1. The molecule has 1 unspecified atom stereocenters. The summed E-state index contributed by atoms with van der Waals surface area (Å²) in [5.41, 5.74) is 0.972. The fourth-order valence-electron chi connectivity index (χ4n) is 2.42. The van der Waals surface area contributed by atoms with Crippen molar-refractivity contribution in [1.82, 2.24) is 5.27 Å². The molecule has 29 heavy (non-hydrogen) atoms. The van der Waals surface area contributed by atoms with Crippen LogP contribution in [0, 0.1) is 0 Å². The molecular formula is C19H17N3O6S. The maximum absolute atomic E-state index is 12.5. The molecule has 1 amide bonds. The highest BCUT2D eigenvalue weighted by atomic mass is 32.2. The number of rotatable bonds is 7. The van der Waals surface area contributed by atoms with E-state index in [0.717, 1.165) is 11.8 Å². The lowest BCUT2D eigenvalue weighted by Gasteiger charge is -2.10. The quantitative estimate of drug-likeness (QED) is 0.442. The third kappa shape index (κ3) is 4.66. The molecule has 0 radical (unpaired) electrons. The molecule has 0 saturated heterocycles. The number of benzene rings is 2. The second-order valence-electron chi connectivity index (χ2n) is 5.91. The standard InChI is InChI=1S/C19H17N3O6S/c1-11(16(23)20-13-5-3-4-12(10-13)18(24)25)29-17-19(26)28-21-22(17)14-6-8-15(27-2)9-7-14/h3-11H,1-2H3,(H2-,20,21,23,24,25,26). The van der Waals surface area contributed by atoms with Crippen molar-refractivity contribution < 1.29 is 33.7 Å². The van der Waals surface area contributed by atoms with E-state index < -0.39 is 23.1 Å². The van der Waals surface area contributed by atoms with E-state index in [1.54, 1.807) is 44.4 Å². The molecule has 0 aliphatic carbocycles. The summed E-state index contributed by atoms with van der Waals surface area (Å²) in [7, 11) is 1.54. The van der Waals surface area contributed by atoms with Gasteiger partial charge in [-0.05, 0) is 53.7 Å². The highest BCUT2D eigenvalue weighted by Crippen LogP contribution is 2.28. The molecule has 1 heterocycles. The van der Waals surface area contributed by atoms with Crippen molar-refractivity contribution in [3.63, 3.8) is 0 Å².